The summed E-state index contributed by atoms with van der Waals surface area (Å²) < 4.78 is 32.8. The maximum Gasteiger partial charge on any atom is 0.350 e. The van der Waals surface area contributed by atoms with Gasteiger partial charge in [-0.3, -0.25) is 9.52 Å². The predicted octanol–water partition coefficient (Wildman–Crippen LogP) is 5.80. The second-order valence-electron chi connectivity index (χ2n) is 7.88. The minimum absolute atomic E-state index is 0.0590. The Morgan fingerprint density at radius 3 is 2.36 bits per heavy atom. The van der Waals surface area contributed by atoms with Crippen molar-refractivity contribution in [2.45, 2.75) is 25.7 Å². The summed E-state index contributed by atoms with van der Waals surface area (Å²) >= 11 is 6.99. The smallest absolute Gasteiger partial charge is 0.350 e. The van der Waals surface area contributed by atoms with Crippen molar-refractivity contribution in [1.82, 2.24) is 4.98 Å². The fourth-order valence-electron chi connectivity index (χ4n) is 3.60. The highest BCUT2D eigenvalue weighted by molar-refractivity contribution is 7.92. The lowest BCUT2D eigenvalue weighted by atomic mass is 10.1. The number of halogens is 1. The summed E-state index contributed by atoms with van der Waals surface area (Å²) in [6.45, 7) is 5.65. The Labute approximate surface area is 217 Å². The first-order valence-electron chi connectivity index (χ1n) is 10.9. The molecule has 8 nitrogen and oxygen atoms in total. The molecule has 1 amide bonds. The van der Waals surface area contributed by atoms with Crippen LogP contribution in [0, 0.1) is 13.8 Å². The van der Waals surface area contributed by atoms with Crippen LogP contribution in [0.2, 0.25) is 5.02 Å². The van der Waals surface area contributed by atoms with Crippen molar-refractivity contribution >= 4 is 66.4 Å². The van der Waals surface area contributed by atoms with Crippen molar-refractivity contribution < 1.29 is 22.7 Å². The molecule has 0 bridgehead atoms. The number of thiophene rings is 1. The summed E-state index contributed by atoms with van der Waals surface area (Å²) in [7, 11) is -3.82. The molecule has 0 aliphatic heterocycles. The zero-order valence-corrected chi connectivity index (χ0v) is 22.0. The second-order valence-corrected chi connectivity index (χ2v) is 11.0. The maximum absolute atomic E-state index is 13.1. The molecule has 0 unspecified atom stereocenters. The Bertz CT molecular complexity index is 1560. The quantitative estimate of drug-likeness (QED) is 0.285. The van der Waals surface area contributed by atoms with Crippen molar-refractivity contribution in [3.05, 3.63) is 81.3 Å². The minimum Gasteiger partial charge on any atom is -0.462 e. The van der Waals surface area contributed by atoms with E-state index in [4.69, 9.17) is 16.3 Å². The molecule has 0 saturated carbocycles. The predicted molar refractivity (Wildman–Crippen MR) is 142 cm³/mol. The van der Waals surface area contributed by atoms with E-state index in [1.807, 2.05) is 19.9 Å². The number of nitrogens with one attached hydrogen (secondary N) is 2. The topological polar surface area (TPSA) is 114 Å². The van der Waals surface area contributed by atoms with Gasteiger partial charge in [-0.1, -0.05) is 11.6 Å². The summed E-state index contributed by atoms with van der Waals surface area (Å²) in [5, 5.41) is 3.93. The number of carbonyl (C=O) groups is 2. The van der Waals surface area contributed by atoms with E-state index in [1.54, 1.807) is 6.92 Å². The highest BCUT2D eigenvalue weighted by Gasteiger charge is 2.24. The van der Waals surface area contributed by atoms with Crippen LogP contribution in [0.4, 0.5) is 11.4 Å². The number of hydrogen-bond donors (Lipinski definition) is 2. The van der Waals surface area contributed by atoms with Gasteiger partial charge in [-0.2, -0.15) is 0 Å². The Kier molecular flexibility index (Phi) is 7.30. The van der Waals surface area contributed by atoms with Gasteiger partial charge in [0.25, 0.3) is 15.9 Å². The zero-order valence-electron chi connectivity index (χ0n) is 19.6. The number of aromatic nitrogens is 1. The van der Waals surface area contributed by atoms with E-state index < -0.39 is 21.9 Å². The van der Waals surface area contributed by atoms with Crippen molar-refractivity contribution in [3.8, 4) is 0 Å². The van der Waals surface area contributed by atoms with E-state index in [0.717, 1.165) is 22.6 Å². The third-order valence-corrected chi connectivity index (χ3v) is 7.92. The fourth-order valence-corrected chi connectivity index (χ4v) is 5.93. The van der Waals surface area contributed by atoms with Gasteiger partial charge in [-0.15, -0.1) is 11.3 Å². The number of anilines is 2. The van der Waals surface area contributed by atoms with E-state index in [1.165, 1.54) is 48.5 Å². The summed E-state index contributed by atoms with van der Waals surface area (Å²) in [5.41, 5.74) is 2.57. The number of esters is 1. The highest BCUT2D eigenvalue weighted by Crippen LogP contribution is 2.38. The van der Waals surface area contributed by atoms with Crippen LogP contribution in [-0.2, 0) is 14.8 Å². The van der Waals surface area contributed by atoms with Crippen LogP contribution < -0.4 is 10.0 Å². The number of hydrogen-bond acceptors (Lipinski definition) is 7. The first kappa shape index (κ1) is 25.6. The number of ether oxygens (including phenoxy) is 1. The van der Waals surface area contributed by atoms with Crippen molar-refractivity contribution in [1.29, 1.82) is 0 Å². The van der Waals surface area contributed by atoms with Gasteiger partial charge in [0.05, 0.1) is 17.2 Å². The number of pyridine rings is 1. The average molecular weight is 544 g/mol. The van der Waals surface area contributed by atoms with E-state index in [0.29, 0.717) is 20.9 Å². The van der Waals surface area contributed by atoms with Crippen LogP contribution >= 0.6 is 22.9 Å². The molecule has 0 spiro atoms. The van der Waals surface area contributed by atoms with Gasteiger partial charge in [0, 0.05) is 27.4 Å². The van der Waals surface area contributed by atoms with E-state index in [2.05, 4.69) is 15.0 Å². The summed E-state index contributed by atoms with van der Waals surface area (Å²) in [6.07, 6.45) is 0. The SMILES string of the molecule is CCOC(=O)c1sc2nc(C)cc(C)c2c1NC(=O)c1ccc(NS(=O)(=O)c2ccc(Cl)cc2)cc1. The van der Waals surface area contributed by atoms with E-state index in [-0.39, 0.29) is 27.6 Å². The van der Waals surface area contributed by atoms with Crippen LogP contribution in [0.3, 0.4) is 0 Å². The Morgan fingerprint density at radius 2 is 1.72 bits per heavy atom. The summed E-state index contributed by atoms with van der Waals surface area (Å²) in [5.74, 6) is -1.01. The monoisotopic (exact) mass is 543 g/mol. The van der Waals surface area contributed by atoms with Gasteiger partial charge in [0.2, 0.25) is 0 Å². The average Bonchev–Trinajstić information content (AvgIpc) is 3.18. The molecular formula is C25H22ClN3O5S2. The molecule has 11 heteroatoms. The Morgan fingerprint density at radius 1 is 1.06 bits per heavy atom. The molecule has 0 fully saturated rings. The number of carbonyl (C=O) groups excluding carboxylic acids is 2. The third-order valence-electron chi connectivity index (χ3n) is 5.21. The molecule has 186 valence electrons. The van der Waals surface area contributed by atoms with Crippen molar-refractivity contribution in [2.75, 3.05) is 16.6 Å². The first-order valence-corrected chi connectivity index (χ1v) is 13.5. The maximum atomic E-state index is 13.1. The Balaban J connectivity index is 1.60. The highest BCUT2D eigenvalue weighted by atomic mass is 35.5. The first-order chi connectivity index (χ1) is 17.1. The molecule has 36 heavy (non-hydrogen) atoms. The second kappa shape index (κ2) is 10.3. The van der Waals surface area contributed by atoms with Gasteiger partial charge < -0.3 is 10.1 Å². The van der Waals surface area contributed by atoms with Gasteiger partial charge in [0.1, 0.15) is 9.71 Å². The number of nitrogens with zero attached hydrogens (tertiary/aromatic N) is 1. The van der Waals surface area contributed by atoms with Crippen LogP contribution in [0.15, 0.2) is 59.5 Å². The molecule has 2 aromatic heterocycles. The molecular weight excluding hydrogens is 522 g/mol. The third kappa shape index (κ3) is 5.35. The largest absolute Gasteiger partial charge is 0.462 e. The zero-order chi connectivity index (χ0) is 26.0. The van der Waals surface area contributed by atoms with Crippen LogP contribution in [0.1, 0.15) is 38.2 Å². The lowest BCUT2D eigenvalue weighted by Gasteiger charge is -2.10. The van der Waals surface area contributed by atoms with Crippen LogP contribution in [-0.4, -0.2) is 31.9 Å². The molecule has 2 N–H and O–H groups in total. The molecule has 0 radical (unpaired) electrons. The van der Waals surface area contributed by atoms with Crippen LogP contribution in [0.5, 0.6) is 0 Å². The van der Waals surface area contributed by atoms with Gasteiger partial charge in [-0.05, 0) is 80.9 Å². The molecule has 2 aromatic carbocycles. The van der Waals surface area contributed by atoms with Crippen molar-refractivity contribution in [3.63, 3.8) is 0 Å². The molecule has 2 heterocycles. The van der Waals surface area contributed by atoms with Gasteiger partial charge in [-0.25, -0.2) is 18.2 Å². The Hall–Kier alpha value is -3.47. The van der Waals surface area contributed by atoms with Gasteiger partial charge in [0.15, 0.2) is 0 Å². The van der Waals surface area contributed by atoms with Crippen LogP contribution in [0.25, 0.3) is 10.2 Å². The number of fused-ring (bicyclic) bond motifs is 1. The molecule has 0 atom stereocenters. The molecule has 0 aliphatic rings. The number of benzene rings is 2. The van der Waals surface area contributed by atoms with Crippen molar-refractivity contribution in [2.24, 2.45) is 0 Å². The molecule has 0 saturated heterocycles. The molecule has 4 aromatic rings. The number of sulfonamides is 1. The normalized spacial score (nSPS) is 11.3. The number of rotatable bonds is 7. The summed E-state index contributed by atoms with van der Waals surface area (Å²) in [4.78, 5) is 31.1. The summed E-state index contributed by atoms with van der Waals surface area (Å²) in [6, 6.07) is 13.6. The van der Waals surface area contributed by atoms with E-state index in [9.17, 15) is 18.0 Å². The fraction of sp³-hybridized carbons (Fsp3) is 0.160. The number of amides is 1. The van der Waals surface area contributed by atoms with Gasteiger partial charge >= 0.3 is 5.97 Å². The number of aryl methyl sites for hydroxylation is 2. The van der Waals surface area contributed by atoms with E-state index >= 15 is 0 Å². The minimum atomic E-state index is -3.82. The lowest BCUT2D eigenvalue weighted by Crippen LogP contribution is -2.15. The molecule has 4 rings (SSSR count). The molecule has 0 aliphatic carbocycles. The standard InChI is InChI=1S/C25H22ClN3O5S2/c1-4-34-25(31)22-21(20-14(2)13-15(3)27-24(20)35-22)28-23(30)16-5-9-18(10-6-16)29-36(32,33)19-11-7-17(26)8-12-19/h5-13,29H,4H2,1-3H3,(H,28,30). The lowest BCUT2D eigenvalue weighted by molar-refractivity contribution is 0.0533.